The van der Waals surface area contributed by atoms with Gasteiger partial charge in [0.25, 0.3) is 0 Å². The van der Waals surface area contributed by atoms with Crippen LogP contribution in [0.2, 0.25) is 0 Å². The molecule has 0 aliphatic rings. The van der Waals surface area contributed by atoms with Crippen LogP contribution in [-0.4, -0.2) is 30.1 Å². The summed E-state index contributed by atoms with van der Waals surface area (Å²) in [6.45, 7) is 0. The Morgan fingerprint density at radius 1 is 0.594 bits per heavy atom. The van der Waals surface area contributed by atoms with Crippen LogP contribution in [0.25, 0.3) is 0 Å². The third-order valence-electron chi connectivity index (χ3n) is 4.64. The van der Waals surface area contributed by atoms with Crippen LogP contribution in [0, 0.1) is 0 Å². The minimum atomic E-state index is -1.60. The molecule has 3 aromatic rings. The molecule has 7 nitrogen and oxygen atoms in total. The summed E-state index contributed by atoms with van der Waals surface area (Å²) in [5.41, 5.74) is 1.03. The number of hydrogen-bond donors (Lipinski definition) is 1. The molecule has 0 saturated heterocycles. The molecule has 3 rings (SSSR count). The van der Waals surface area contributed by atoms with E-state index in [-0.39, 0.29) is 0 Å². The Morgan fingerprint density at radius 2 is 0.969 bits per heavy atom. The largest absolute Gasteiger partial charge is 0.466 e. The van der Waals surface area contributed by atoms with Crippen LogP contribution in [0.3, 0.4) is 0 Å². The first-order chi connectivity index (χ1) is 15.5. The number of ether oxygens (including phenoxy) is 3. The molecule has 0 amide bonds. The van der Waals surface area contributed by atoms with Crippen LogP contribution in [0.5, 0.6) is 0 Å². The Morgan fingerprint density at radius 3 is 1.41 bits per heavy atom. The lowest BCUT2D eigenvalue weighted by Crippen LogP contribution is -2.28. The monoisotopic (exact) mass is 434 g/mol. The first kappa shape index (κ1) is 22.7. The fourth-order valence-corrected chi connectivity index (χ4v) is 3.00. The Balaban J connectivity index is 1.85. The number of rotatable bonds is 8. The highest BCUT2D eigenvalue weighted by molar-refractivity contribution is 5.86. The lowest BCUT2D eigenvalue weighted by atomic mass is 10.1. The third kappa shape index (κ3) is 5.59. The summed E-state index contributed by atoms with van der Waals surface area (Å²) in [5.74, 6) is -2.80. The van der Waals surface area contributed by atoms with Gasteiger partial charge in [0.05, 0.1) is 7.11 Å². The van der Waals surface area contributed by atoms with Crippen LogP contribution in [0.1, 0.15) is 35.0 Å². The lowest BCUT2D eigenvalue weighted by molar-refractivity contribution is -0.182. The highest BCUT2D eigenvalue weighted by Gasteiger charge is 2.34. The second-order valence-electron chi connectivity index (χ2n) is 6.79. The van der Waals surface area contributed by atoms with Crippen molar-refractivity contribution < 1.29 is 33.7 Å². The van der Waals surface area contributed by atoms with Crippen molar-refractivity contribution in [2.45, 2.75) is 18.3 Å². The minimum Gasteiger partial charge on any atom is -0.466 e. The van der Waals surface area contributed by atoms with Gasteiger partial charge in [0.15, 0.2) is 6.10 Å². The van der Waals surface area contributed by atoms with Gasteiger partial charge in [0.1, 0.15) is 0 Å². The maximum atomic E-state index is 13.1. The number of esters is 3. The predicted molar refractivity (Wildman–Crippen MR) is 114 cm³/mol. The number of aliphatic hydroxyl groups excluding tert-OH is 1. The summed E-state index contributed by atoms with van der Waals surface area (Å²) in [7, 11) is 1.18. The summed E-state index contributed by atoms with van der Waals surface area (Å²) in [6.07, 6.45) is -4.45. The Labute approximate surface area is 185 Å². The van der Waals surface area contributed by atoms with E-state index in [0.29, 0.717) is 16.7 Å². The summed E-state index contributed by atoms with van der Waals surface area (Å²) in [6, 6.07) is 24.7. The summed E-state index contributed by atoms with van der Waals surface area (Å²) in [4.78, 5) is 37.9. The Bertz CT molecular complexity index is 1040. The van der Waals surface area contributed by atoms with Crippen LogP contribution in [-0.2, 0) is 28.6 Å². The predicted octanol–water partition coefficient (Wildman–Crippen LogP) is 3.46. The average molecular weight is 434 g/mol. The molecule has 3 atom stereocenters. The standard InChI is InChI=1S/C25H22O7/c1-30-24(28)21(18-13-7-3-8-14-18)32-25(29)22(19-15-9-4-10-16-19)31-23(27)20(26)17-11-5-2-6-12-17/h2-16,20-22,26H,1H3/t20-,21-,22+/m0/s1. The van der Waals surface area contributed by atoms with Crippen LogP contribution in [0.15, 0.2) is 91.0 Å². The van der Waals surface area contributed by atoms with Crippen LogP contribution >= 0.6 is 0 Å². The summed E-state index contributed by atoms with van der Waals surface area (Å²) in [5, 5.41) is 10.4. The van der Waals surface area contributed by atoms with Crippen molar-refractivity contribution in [3.8, 4) is 0 Å². The van der Waals surface area contributed by atoms with E-state index in [2.05, 4.69) is 0 Å². The van der Waals surface area contributed by atoms with Crippen LogP contribution < -0.4 is 0 Å². The SMILES string of the molecule is COC(=O)[C@@H](OC(=O)[C@H](OC(=O)[C@@H](O)c1ccccc1)c1ccccc1)c1ccccc1. The number of hydrogen-bond acceptors (Lipinski definition) is 7. The van der Waals surface area contributed by atoms with Gasteiger partial charge in [0, 0.05) is 11.1 Å². The lowest BCUT2D eigenvalue weighted by Gasteiger charge is -2.22. The van der Waals surface area contributed by atoms with Crippen molar-refractivity contribution in [3.05, 3.63) is 108 Å². The fourth-order valence-electron chi connectivity index (χ4n) is 3.00. The molecule has 1 N–H and O–H groups in total. The molecule has 0 heterocycles. The fraction of sp³-hybridized carbons (Fsp3) is 0.160. The molecule has 0 unspecified atom stereocenters. The molecule has 7 heteroatoms. The topological polar surface area (TPSA) is 99.1 Å². The molecule has 0 fully saturated rings. The highest BCUT2D eigenvalue weighted by Crippen LogP contribution is 2.27. The molecule has 0 saturated carbocycles. The van der Waals surface area contributed by atoms with E-state index in [1.54, 1.807) is 91.0 Å². The van der Waals surface area contributed by atoms with Crippen LogP contribution in [0.4, 0.5) is 0 Å². The molecule has 0 aromatic heterocycles. The molecule has 0 spiro atoms. The van der Waals surface area contributed by atoms with E-state index in [9.17, 15) is 19.5 Å². The molecule has 164 valence electrons. The van der Waals surface area contributed by atoms with E-state index in [1.165, 1.54) is 7.11 Å². The normalized spacial score (nSPS) is 13.3. The third-order valence-corrected chi connectivity index (χ3v) is 4.64. The van der Waals surface area contributed by atoms with Gasteiger partial charge < -0.3 is 19.3 Å². The zero-order valence-corrected chi connectivity index (χ0v) is 17.3. The number of carbonyl (C=O) groups is 3. The van der Waals surface area contributed by atoms with Gasteiger partial charge in [-0.3, -0.25) is 0 Å². The average Bonchev–Trinajstić information content (AvgIpc) is 2.86. The van der Waals surface area contributed by atoms with E-state index in [1.807, 2.05) is 0 Å². The first-order valence-corrected chi connectivity index (χ1v) is 9.83. The van der Waals surface area contributed by atoms with Gasteiger partial charge in [0.2, 0.25) is 12.2 Å². The van der Waals surface area contributed by atoms with Crippen molar-refractivity contribution in [2.24, 2.45) is 0 Å². The Kier molecular flexibility index (Phi) is 7.72. The van der Waals surface area contributed by atoms with E-state index >= 15 is 0 Å². The minimum absolute atomic E-state index is 0.314. The van der Waals surface area contributed by atoms with Gasteiger partial charge in [-0.15, -0.1) is 0 Å². The summed E-state index contributed by atoms with van der Waals surface area (Å²) < 4.78 is 15.5. The number of methoxy groups -OCH3 is 1. The van der Waals surface area contributed by atoms with E-state index < -0.39 is 36.2 Å². The van der Waals surface area contributed by atoms with Gasteiger partial charge in [-0.2, -0.15) is 0 Å². The smallest absolute Gasteiger partial charge is 0.353 e. The number of aliphatic hydroxyl groups is 1. The highest BCUT2D eigenvalue weighted by atomic mass is 16.6. The van der Waals surface area contributed by atoms with Gasteiger partial charge in [-0.05, 0) is 5.56 Å². The van der Waals surface area contributed by atoms with Crippen molar-refractivity contribution in [2.75, 3.05) is 7.11 Å². The van der Waals surface area contributed by atoms with Crippen molar-refractivity contribution in [1.82, 2.24) is 0 Å². The molecule has 32 heavy (non-hydrogen) atoms. The summed E-state index contributed by atoms with van der Waals surface area (Å²) >= 11 is 0. The van der Waals surface area contributed by atoms with Gasteiger partial charge in [-0.25, -0.2) is 14.4 Å². The zero-order valence-electron chi connectivity index (χ0n) is 17.3. The molecular formula is C25H22O7. The first-order valence-electron chi connectivity index (χ1n) is 9.83. The Hall–Kier alpha value is -3.97. The second-order valence-corrected chi connectivity index (χ2v) is 6.79. The molecule has 0 aliphatic carbocycles. The van der Waals surface area contributed by atoms with E-state index in [4.69, 9.17) is 14.2 Å². The van der Waals surface area contributed by atoms with Gasteiger partial charge >= 0.3 is 17.9 Å². The molecule has 0 aliphatic heterocycles. The van der Waals surface area contributed by atoms with Crippen molar-refractivity contribution in [3.63, 3.8) is 0 Å². The van der Waals surface area contributed by atoms with Crippen molar-refractivity contribution in [1.29, 1.82) is 0 Å². The van der Waals surface area contributed by atoms with Crippen molar-refractivity contribution >= 4 is 17.9 Å². The van der Waals surface area contributed by atoms with Gasteiger partial charge in [-0.1, -0.05) is 91.0 Å². The molecule has 0 bridgehead atoms. The maximum Gasteiger partial charge on any atom is 0.353 e. The zero-order chi connectivity index (χ0) is 22.9. The number of carbonyl (C=O) groups excluding carboxylic acids is 3. The second kappa shape index (κ2) is 10.9. The molecular weight excluding hydrogens is 412 g/mol. The molecule has 3 aromatic carbocycles. The maximum absolute atomic E-state index is 13.1. The molecule has 0 radical (unpaired) electrons. The quantitative estimate of drug-likeness (QED) is 0.428. The number of benzene rings is 3. The van der Waals surface area contributed by atoms with E-state index in [0.717, 1.165) is 0 Å².